The first kappa shape index (κ1) is 14.5. The van der Waals surface area contributed by atoms with Crippen molar-refractivity contribution in [1.29, 1.82) is 0 Å². The van der Waals surface area contributed by atoms with Crippen LogP contribution < -0.4 is 5.32 Å². The monoisotopic (exact) mass is 327 g/mol. The van der Waals surface area contributed by atoms with Gasteiger partial charge in [-0.25, -0.2) is 8.42 Å². The van der Waals surface area contributed by atoms with Crippen LogP contribution in [0.25, 0.3) is 0 Å². The van der Waals surface area contributed by atoms with E-state index >= 15 is 0 Å². The molecule has 21 heavy (non-hydrogen) atoms. The highest BCUT2D eigenvalue weighted by Gasteiger charge is 2.31. The molecule has 2 aromatic heterocycles. The number of hydrogen-bond acceptors (Lipinski definition) is 7. The van der Waals surface area contributed by atoms with Gasteiger partial charge in [0.2, 0.25) is 0 Å². The lowest BCUT2D eigenvalue weighted by Crippen LogP contribution is -2.14. The van der Waals surface area contributed by atoms with Crippen molar-refractivity contribution in [3.8, 4) is 0 Å². The number of aromatic nitrogens is 4. The van der Waals surface area contributed by atoms with Crippen LogP contribution in [0.3, 0.4) is 0 Å². The van der Waals surface area contributed by atoms with E-state index in [1.807, 2.05) is 18.5 Å². The average Bonchev–Trinajstić information content (AvgIpc) is 3.10. The second-order valence-corrected chi connectivity index (χ2v) is 8.30. The number of nitrogens with one attached hydrogen (secondary N) is 1. The maximum absolute atomic E-state index is 11.6. The van der Waals surface area contributed by atoms with Crippen molar-refractivity contribution in [1.82, 2.24) is 19.4 Å². The van der Waals surface area contributed by atoms with Gasteiger partial charge in [-0.15, -0.1) is 5.10 Å². The molecule has 1 aliphatic heterocycles. The van der Waals surface area contributed by atoms with Gasteiger partial charge in [-0.05, 0) is 20.3 Å². The maximum Gasteiger partial charge on any atom is 0.152 e. The molecular formula is C12H17N5O2S2. The second kappa shape index (κ2) is 5.38. The van der Waals surface area contributed by atoms with Crippen molar-refractivity contribution in [3.63, 3.8) is 0 Å². The van der Waals surface area contributed by atoms with Crippen LogP contribution in [0.15, 0.2) is 6.20 Å². The van der Waals surface area contributed by atoms with Crippen LogP contribution in [0.1, 0.15) is 29.4 Å². The van der Waals surface area contributed by atoms with Crippen molar-refractivity contribution in [2.24, 2.45) is 0 Å². The molecule has 0 bridgehead atoms. The molecule has 1 unspecified atom stereocenters. The lowest BCUT2D eigenvalue weighted by atomic mass is 10.2. The molecule has 7 nitrogen and oxygen atoms in total. The van der Waals surface area contributed by atoms with Gasteiger partial charge in [0, 0.05) is 29.3 Å². The fourth-order valence-corrected chi connectivity index (χ4v) is 4.80. The predicted octanol–water partition coefficient (Wildman–Crippen LogP) is 1.32. The van der Waals surface area contributed by atoms with E-state index in [9.17, 15) is 8.42 Å². The molecule has 2 aromatic rings. The van der Waals surface area contributed by atoms with Gasteiger partial charge in [-0.2, -0.15) is 5.10 Å². The van der Waals surface area contributed by atoms with E-state index in [0.717, 1.165) is 22.0 Å². The quantitative estimate of drug-likeness (QED) is 0.911. The maximum atomic E-state index is 11.6. The molecule has 0 aliphatic carbocycles. The summed E-state index contributed by atoms with van der Waals surface area (Å²) in [6.45, 7) is 4.59. The van der Waals surface area contributed by atoms with Crippen molar-refractivity contribution in [2.75, 3.05) is 16.8 Å². The molecule has 0 amide bonds. The molecule has 9 heteroatoms. The standard InChI is InChI=1S/C12H17N5O2S2/c1-8-11(5-13-12-6-14-16-20-12)9(2)17(15-8)10-3-4-21(18,19)7-10/h6,10,13H,3-5,7H2,1-2H3. The fraction of sp³-hybridized carbons (Fsp3) is 0.583. The summed E-state index contributed by atoms with van der Waals surface area (Å²) in [6.07, 6.45) is 2.33. The molecule has 0 saturated carbocycles. The first-order valence-electron chi connectivity index (χ1n) is 6.72. The van der Waals surface area contributed by atoms with Crippen LogP contribution in [0.4, 0.5) is 5.00 Å². The van der Waals surface area contributed by atoms with Gasteiger partial charge in [0.05, 0.1) is 29.4 Å². The summed E-state index contributed by atoms with van der Waals surface area (Å²) in [5, 5.41) is 12.5. The smallest absolute Gasteiger partial charge is 0.152 e. The second-order valence-electron chi connectivity index (χ2n) is 5.29. The van der Waals surface area contributed by atoms with Gasteiger partial charge < -0.3 is 5.32 Å². The minimum atomic E-state index is -2.90. The summed E-state index contributed by atoms with van der Waals surface area (Å²) < 4.78 is 28.9. The largest absolute Gasteiger partial charge is 0.370 e. The summed E-state index contributed by atoms with van der Waals surface area (Å²) >= 11 is 1.31. The molecule has 0 spiro atoms. The lowest BCUT2D eigenvalue weighted by molar-refractivity contribution is 0.485. The van der Waals surface area contributed by atoms with E-state index in [1.54, 1.807) is 6.20 Å². The first-order chi connectivity index (χ1) is 9.96. The van der Waals surface area contributed by atoms with Gasteiger partial charge in [0.25, 0.3) is 0 Å². The third kappa shape index (κ3) is 2.93. The Morgan fingerprint density at radius 1 is 1.48 bits per heavy atom. The van der Waals surface area contributed by atoms with Gasteiger partial charge in [-0.3, -0.25) is 4.68 Å². The van der Waals surface area contributed by atoms with Crippen molar-refractivity contribution in [2.45, 2.75) is 32.9 Å². The zero-order chi connectivity index (χ0) is 15.0. The van der Waals surface area contributed by atoms with E-state index in [2.05, 4.69) is 20.0 Å². The molecule has 1 aliphatic rings. The van der Waals surface area contributed by atoms with Gasteiger partial charge in [0.1, 0.15) is 5.00 Å². The Morgan fingerprint density at radius 2 is 2.29 bits per heavy atom. The van der Waals surface area contributed by atoms with Crippen molar-refractivity contribution in [3.05, 3.63) is 23.1 Å². The summed E-state index contributed by atoms with van der Waals surface area (Å²) in [7, 11) is -2.90. The Bertz CT molecular complexity index is 736. The Balaban J connectivity index is 1.80. The molecule has 114 valence electrons. The third-order valence-corrected chi connectivity index (χ3v) is 6.20. The minimum Gasteiger partial charge on any atom is -0.370 e. The van der Waals surface area contributed by atoms with E-state index in [1.165, 1.54) is 11.5 Å². The van der Waals surface area contributed by atoms with Gasteiger partial charge in [-0.1, -0.05) is 4.49 Å². The van der Waals surface area contributed by atoms with Crippen LogP contribution in [-0.4, -0.2) is 39.3 Å². The van der Waals surface area contributed by atoms with Gasteiger partial charge in [0.15, 0.2) is 9.84 Å². The van der Waals surface area contributed by atoms with Crippen LogP contribution in [-0.2, 0) is 16.4 Å². The number of rotatable bonds is 4. The van der Waals surface area contributed by atoms with Crippen molar-refractivity contribution >= 4 is 26.4 Å². The summed E-state index contributed by atoms with van der Waals surface area (Å²) in [6, 6.07) is -0.0347. The lowest BCUT2D eigenvalue weighted by Gasteiger charge is -2.11. The normalized spacial score (nSPS) is 20.8. The summed E-state index contributed by atoms with van der Waals surface area (Å²) in [5.41, 5.74) is 3.06. The highest BCUT2D eigenvalue weighted by atomic mass is 32.2. The number of sulfone groups is 1. The summed E-state index contributed by atoms with van der Waals surface area (Å²) in [4.78, 5) is 0. The molecule has 3 heterocycles. The Labute approximate surface area is 127 Å². The van der Waals surface area contributed by atoms with Crippen LogP contribution in [0.2, 0.25) is 0 Å². The minimum absolute atomic E-state index is 0.0347. The van der Waals surface area contributed by atoms with Gasteiger partial charge >= 0.3 is 0 Å². The molecule has 3 rings (SSSR count). The highest BCUT2D eigenvalue weighted by Crippen LogP contribution is 2.27. The third-order valence-electron chi connectivity index (χ3n) is 3.83. The molecule has 1 N–H and O–H groups in total. The van der Waals surface area contributed by atoms with E-state index in [4.69, 9.17) is 0 Å². The Morgan fingerprint density at radius 3 is 2.90 bits per heavy atom. The first-order valence-corrected chi connectivity index (χ1v) is 9.32. The summed E-state index contributed by atoms with van der Waals surface area (Å²) in [5.74, 6) is 0.455. The number of hydrogen-bond donors (Lipinski definition) is 1. The molecule has 0 aromatic carbocycles. The number of aryl methyl sites for hydroxylation is 1. The Kier molecular flexibility index (Phi) is 3.70. The van der Waals surface area contributed by atoms with Crippen molar-refractivity contribution < 1.29 is 8.42 Å². The molecular weight excluding hydrogens is 310 g/mol. The zero-order valence-corrected chi connectivity index (χ0v) is 13.5. The van der Waals surface area contributed by atoms with E-state index in [0.29, 0.717) is 13.0 Å². The number of anilines is 1. The molecule has 1 fully saturated rings. The molecule has 1 saturated heterocycles. The molecule has 1 atom stereocenters. The topological polar surface area (TPSA) is 89.8 Å². The van der Waals surface area contributed by atoms with E-state index < -0.39 is 9.84 Å². The zero-order valence-electron chi connectivity index (χ0n) is 11.9. The average molecular weight is 327 g/mol. The fourth-order valence-electron chi connectivity index (χ4n) is 2.70. The van der Waals surface area contributed by atoms with Crippen LogP contribution in [0.5, 0.6) is 0 Å². The van der Waals surface area contributed by atoms with Crippen LogP contribution in [0, 0.1) is 13.8 Å². The SMILES string of the molecule is Cc1nn(C2CCS(=O)(=O)C2)c(C)c1CNc1cnns1. The van der Waals surface area contributed by atoms with Crippen LogP contribution >= 0.6 is 11.5 Å². The van der Waals surface area contributed by atoms with E-state index in [-0.39, 0.29) is 17.5 Å². The molecule has 0 radical (unpaired) electrons. The predicted molar refractivity (Wildman–Crippen MR) is 81.2 cm³/mol. The Hall–Kier alpha value is -1.48. The number of nitrogens with zero attached hydrogens (tertiary/aromatic N) is 4. The highest BCUT2D eigenvalue weighted by molar-refractivity contribution is 7.91.